The molecule has 0 saturated heterocycles. The molecule has 0 aliphatic rings. The first-order valence-electron chi connectivity index (χ1n) is 7.90. The van der Waals surface area contributed by atoms with E-state index in [0.717, 1.165) is 28.5 Å². The zero-order valence-corrected chi connectivity index (χ0v) is 15.0. The van der Waals surface area contributed by atoms with E-state index in [-0.39, 0.29) is 12.5 Å². The van der Waals surface area contributed by atoms with Gasteiger partial charge in [0.15, 0.2) is 11.6 Å². The standard InChI is InChI=1S/C18H17FN4O2S/c1-10-3-4-12(17-20-6-13(19)7-21-17)5-14(10)18(25)22-8-15(24)16-11(2)23-9-26-16/h3-7,9,15,24H,8H2,1-2H3,(H,22,25)/t15-/m1/s1. The summed E-state index contributed by atoms with van der Waals surface area (Å²) in [5.74, 6) is -0.500. The van der Waals surface area contributed by atoms with Crippen molar-refractivity contribution < 1.29 is 14.3 Å². The molecule has 6 nitrogen and oxygen atoms in total. The van der Waals surface area contributed by atoms with Crippen LogP contribution in [0.2, 0.25) is 0 Å². The number of amides is 1. The van der Waals surface area contributed by atoms with Crippen LogP contribution in [0.1, 0.15) is 32.6 Å². The highest BCUT2D eigenvalue weighted by Crippen LogP contribution is 2.22. The maximum atomic E-state index is 13.0. The molecular weight excluding hydrogens is 355 g/mol. The van der Waals surface area contributed by atoms with E-state index >= 15 is 0 Å². The number of hydrogen-bond donors (Lipinski definition) is 2. The second kappa shape index (κ2) is 7.67. The van der Waals surface area contributed by atoms with Crippen LogP contribution in [0.15, 0.2) is 36.1 Å². The number of aromatic nitrogens is 3. The van der Waals surface area contributed by atoms with Crippen molar-refractivity contribution in [3.63, 3.8) is 0 Å². The van der Waals surface area contributed by atoms with Gasteiger partial charge < -0.3 is 10.4 Å². The lowest BCUT2D eigenvalue weighted by Gasteiger charge is -2.13. The molecule has 1 aromatic carbocycles. The summed E-state index contributed by atoms with van der Waals surface area (Å²) in [6.07, 6.45) is 1.35. The van der Waals surface area contributed by atoms with E-state index in [0.29, 0.717) is 17.0 Å². The van der Waals surface area contributed by atoms with Gasteiger partial charge in [0.1, 0.15) is 6.10 Å². The summed E-state index contributed by atoms with van der Waals surface area (Å²) in [4.78, 5) is 25.2. The molecule has 2 aromatic heterocycles. The van der Waals surface area contributed by atoms with Crippen molar-refractivity contribution in [1.82, 2.24) is 20.3 Å². The molecule has 3 aromatic rings. The van der Waals surface area contributed by atoms with Crippen molar-refractivity contribution in [3.05, 3.63) is 63.6 Å². The average molecular weight is 372 g/mol. The molecule has 134 valence electrons. The molecule has 0 bridgehead atoms. The Morgan fingerprint density at radius 1 is 1.27 bits per heavy atom. The summed E-state index contributed by atoms with van der Waals surface area (Å²) in [6, 6.07) is 5.21. The van der Waals surface area contributed by atoms with Crippen LogP contribution >= 0.6 is 11.3 Å². The molecule has 0 aliphatic carbocycles. The van der Waals surface area contributed by atoms with Gasteiger partial charge in [-0.2, -0.15) is 0 Å². The minimum Gasteiger partial charge on any atom is -0.386 e. The Kier molecular flexibility index (Phi) is 5.34. The van der Waals surface area contributed by atoms with Gasteiger partial charge in [-0.1, -0.05) is 12.1 Å². The van der Waals surface area contributed by atoms with Crippen LogP contribution in [0.4, 0.5) is 4.39 Å². The van der Waals surface area contributed by atoms with Crippen LogP contribution in [0.25, 0.3) is 11.4 Å². The maximum absolute atomic E-state index is 13.0. The van der Waals surface area contributed by atoms with Crippen LogP contribution in [0, 0.1) is 19.7 Å². The van der Waals surface area contributed by atoms with Crippen molar-refractivity contribution >= 4 is 17.2 Å². The number of aliphatic hydroxyl groups excluding tert-OH is 1. The second-order valence-electron chi connectivity index (χ2n) is 5.78. The predicted molar refractivity (Wildman–Crippen MR) is 96.3 cm³/mol. The number of rotatable bonds is 5. The lowest BCUT2D eigenvalue weighted by Crippen LogP contribution is -2.29. The molecule has 0 aliphatic heterocycles. The van der Waals surface area contributed by atoms with Crippen molar-refractivity contribution in [2.45, 2.75) is 20.0 Å². The van der Waals surface area contributed by atoms with E-state index in [1.165, 1.54) is 11.3 Å². The summed E-state index contributed by atoms with van der Waals surface area (Å²) in [6.45, 7) is 3.71. The maximum Gasteiger partial charge on any atom is 0.251 e. The first-order valence-corrected chi connectivity index (χ1v) is 8.78. The number of carbonyl (C=O) groups excluding carboxylic acids is 1. The van der Waals surface area contributed by atoms with Crippen molar-refractivity contribution in [2.75, 3.05) is 6.54 Å². The Morgan fingerprint density at radius 3 is 2.65 bits per heavy atom. The monoisotopic (exact) mass is 372 g/mol. The van der Waals surface area contributed by atoms with E-state index in [9.17, 15) is 14.3 Å². The van der Waals surface area contributed by atoms with Crippen molar-refractivity contribution in [1.29, 1.82) is 0 Å². The van der Waals surface area contributed by atoms with Gasteiger partial charge in [0, 0.05) is 17.7 Å². The summed E-state index contributed by atoms with van der Waals surface area (Å²) >= 11 is 1.35. The SMILES string of the molecule is Cc1ccc(-c2ncc(F)cn2)cc1C(=O)NC[C@@H](O)c1scnc1C. The van der Waals surface area contributed by atoms with Gasteiger partial charge in [-0.25, -0.2) is 19.3 Å². The van der Waals surface area contributed by atoms with Crippen molar-refractivity contribution in [3.8, 4) is 11.4 Å². The predicted octanol–water partition coefficient (Wildman–Crippen LogP) is 2.82. The van der Waals surface area contributed by atoms with E-state index < -0.39 is 11.9 Å². The summed E-state index contributed by atoms with van der Waals surface area (Å²) in [5.41, 5.74) is 4.25. The lowest BCUT2D eigenvalue weighted by atomic mass is 10.0. The third-order valence-electron chi connectivity index (χ3n) is 3.90. The largest absolute Gasteiger partial charge is 0.386 e. The summed E-state index contributed by atoms with van der Waals surface area (Å²) in [5, 5.41) is 12.9. The van der Waals surface area contributed by atoms with E-state index in [4.69, 9.17) is 0 Å². The van der Waals surface area contributed by atoms with Gasteiger partial charge >= 0.3 is 0 Å². The van der Waals surface area contributed by atoms with E-state index in [1.54, 1.807) is 23.7 Å². The molecule has 2 heterocycles. The molecule has 2 N–H and O–H groups in total. The summed E-state index contributed by atoms with van der Waals surface area (Å²) < 4.78 is 13.0. The fourth-order valence-corrected chi connectivity index (χ4v) is 3.26. The average Bonchev–Trinajstić information content (AvgIpc) is 3.06. The molecule has 0 unspecified atom stereocenters. The number of nitrogens with one attached hydrogen (secondary N) is 1. The van der Waals surface area contributed by atoms with Crippen LogP contribution in [-0.2, 0) is 0 Å². The van der Waals surface area contributed by atoms with E-state index in [2.05, 4.69) is 20.3 Å². The van der Waals surface area contributed by atoms with Crippen LogP contribution < -0.4 is 5.32 Å². The van der Waals surface area contributed by atoms with Gasteiger partial charge in [-0.3, -0.25) is 4.79 Å². The molecule has 26 heavy (non-hydrogen) atoms. The third kappa shape index (κ3) is 3.92. The molecule has 0 spiro atoms. The number of aryl methyl sites for hydroxylation is 2. The van der Waals surface area contributed by atoms with Crippen molar-refractivity contribution in [2.24, 2.45) is 0 Å². The Bertz CT molecular complexity index is 927. The topological polar surface area (TPSA) is 88.0 Å². The Hall–Kier alpha value is -2.71. The quantitative estimate of drug-likeness (QED) is 0.719. The normalized spacial score (nSPS) is 12.0. The minimum absolute atomic E-state index is 0.0819. The fraction of sp³-hybridized carbons (Fsp3) is 0.222. The lowest BCUT2D eigenvalue weighted by molar-refractivity contribution is 0.0917. The number of benzene rings is 1. The zero-order chi connectivity index (χ0) is 18.7. The Morgan fingerprint density at radius 2 is 2.00 bits per heavy atom. The number of aliphatic hydroxyl groups is 1. The number of hydrogen-bond acceptors (Lipinski definition) is 6. The van der Waals surface area contributed by atoms with Gasteiger partial charge in [0.2, 0.25) is 0 Å². The van der Waals surface area contributed by atoms with Crippen LogP contribution in [0.5, 0.6) is 0 Å². The number of thiazole rings is 1. The van der Waals surface area contributed by atoms with Crippen LogP contribution in [-0.4, -0.2) is 32.5 Å². The van der Waals surface area contributed by atoms with Gasteiger partial charge in [-0.15, -0.1) is 11.3 Å². The first kappa shape index (κ1) is 18.1. The molecular formula is C18H17FN4O2S. The fourth-order valence-electron chi connectivity index (χ4n) is 2.48. The zero-order valence-electron chi connectivity index (χ0n) is 14.2. The molecule has 3 rings (SSSR count). The smallest absolute Gasteiger partial charge is 0.251 e. The second-order valence-corrected chi connectivity index (χ2v) is 6.67. The number of nitrogens with zero attached hydrogens (tertiary/aromatic N) is 3. The van der Waals surface area contributed by atoms with E-state index in [1.807, 2.05) is 13.8 Å². The van der Waals surface area contributed by atoms with Gasteiger partial charge in [0.05, 0.1) is 28.5 Å². The highest BCUT2D eigenvalue weighted by atomic mass is 32.1. The van der Waals surface area contributed by atoms with Gasteiger partial charge in [0.25, 0.3) is 5.91 Å². The minimum atomic E-state index is -0.810. The molecule has 1 atom stereocenters. The highest BCUT2D eigenvalue weighted by molar-refractivity contribution is 7.09. The molecule has 8 heteroatoms. The Balaban J connectivity index is 1.75. The third-order valence-corrected chi connectivity index (χ3v) is 4.93. The number of halogens is 1. The van der Waals surface area contributed by atoms with Crippen LogP contribution in [0.3, 0.4) is 0 Å². The molecule has 0 fully saturated rings. The first-order chi connectivity index (χ1) is 12.5. The highest BCUT2D eigenvalue weighted by Gasteiger charge is 2.16. The summed E-state index contributed by atoms with van der Waals surface area (Å²) in [7, 11) is 0. The molecule has 1 amide bonds. The Labute approximate surface area is 153 Å². The van der Waals surface area contributed by atoms with Gasteiger partial charge in [-0.05, 0) is 25.5 Å². The molecule has 0 radical (unpaired) electrons. The molecule has 0 saturated carbocycles. The number of carbonyl (C=O) groups is 1.